The number of H-pyrrole nitrogens is 1. The average molecular weight is 749 g/mol. The monoisotopic (exact) mass is 748 g/mol. The van der Waals surface area contributed by atoms with E-state index in [-0.39, 0.29) is 36.6 Å². The van der Waals surface area contributed by atoms with Crippen molar-refractivity contribution in [2.45, 2.75) is 37.1 Å². The van der Waals surface area contributed by atoms with Crippen molar-refractivity contribution < 1.29 is 36.2 Å². The Hall–Kier alpha value is -4.84. The predicted molar refractivity (Wildman–Crippen MR) is 196 cm³/mol. The van der Waals surface area contributed by atoms with Crippen molar-refractivity contribution in [1.82, 2.24) is 9.71 Å². The molecule has 1 heterocycles. The maximum atomic E-state index is 13.3. The topological polar surface area (TPSA) is 108 Å². The molecular weight excluding hydrogens is 713 g/mol. The number of sulfonamides is 1. The molecule has 0 bridgehead atoms. The standard InChI is InChI=1S/C40H36ClF3N2O5S/c41-31-14-17-35-33(23-31)37(36(46-35)18-21-45-52(49,50)26-28-10-7-11-30(22-28)40(42,43)44)34(25-51-32-15-12-29(13-16-32)38(47)48)39(19-5-2-6-20-39)24-27-8-3-1-4-9-27/h1-17,19,22-23,34,45-46H,18,20-21,24-26H2,(H,47,48). The largest absolute Gasteiger partial charge is 0.493 e. The summed E-state index contributed by atoms with van der Waals surface area (Å²) in [7, 11) is -4.01. The van der Waals surface area contributed by atoms with Crippen LogP contribution in [0.4, 0.5) is 13.2 Å². The number of aromatic nitrogens is 1. The number of rotatable bonds is 14. The minimum atomic E-state index is -4.59. The lowest BCUT2D eigenvalue weighted by Crippen LogP contribution is -2.35. The summed E-state index contributed by atoms with van der Waals surface area (Å²) < 4.78 is 75.1. The number of carboxylic acid groups (broad SMARTS) is 1. The number of alkyl halides is 3. The molecule has 0 spiro atoms. The fraction of sp³-hybridized carbons (Fsp3) is 0.225. The normalized spacial score (nSPS) is 16.6. The van der Waals surface area contributed by atoms with Crippen LogP contribution in [0, 0.1) is 5.41 Å². The van der Waals surface area contributed by atoms with Gasteiger partial charge in [-0.1, -0.05) is 84.4 Å². The first-order chi connectivity index (χ1) is 24.8. The number of aromatic amines is 1. The molecule has 270 valence electrons. The second-order valence-corrected chi connectivity index (χ2v) is 15.1. The molecule has 0 aliphatic heterocycles. The van der Waals surface area contributed by atoms with Gasteiger partial charge in [-0.05, 0) is 78.1 Å². The van der Waals surface area contributed by atoms with Crippen molar-refractivity contribution in [2.75, 3.05) is 13.2 Å². The number of carboxylic acids is 1. The smallest absolute Gasteiger partial charge is 0.416 e. The zero-order valence-corrected chi connectivity index (χ0v) is 29.4. The highest BCUT2D eigenvalue weighted by Crippen LogP contribution is 2.49. The van der Waals surface area contributed by atoms with E-state index in [4.69, 9.17) is 16.3 Å². The Labute approximate surface area is 304 Å². The van der Waals surface area contributed by atoms with Crippen LogP contribution in [-0.4, -0.2) is 37.6 Å². The molecule has 2 unspecified atom stereocenters. The van der Waals surface area contributed by atoms with Gasteiger partial charge in [0.15, 0.2) is 0 Å². The van der Waals surface area contributed by atoms with Crippen LogP contribution in [-0.2, 0) is 34.8 Å². The van der Waals surface area contributed by atoms with Gasteiger partial charge in [-0.15, -0.1) is 0 Å². The second kappa shape index (κ2) is 15.4. The number of ether oxygens (including phenoxy) is 1. The van der Waals surface area contributed by atoms with Crippen LogP contribution in [0.15, 0.2) is 121 Å². The summed E-state index contributed by atoms with van der Waals surface area (Å²) in [5.41, 5.74) is 2.29. The molecule has 2 atom stereocenters. The lowest BCUT2D eigenvalue weighted by atomic mass is 9.64. The predicted octanol–water partition coefficient (Wildman–Crippen LogP) is 9.11. The molecule has 12 heteroatoms. The maximum Gasteiger partial charge on any atom is 0.416 e. The van der Waals surface area contributed by atoms with Crippen LogP contribution in [0.2, 0.25) is 5.02 Å². The van der Waals surface area contributed by atoms with Crippen LogP contribution in [0.5, 0.6) is 5.75 Å². The molecule has 3 N–H and O–H groups in total. The number of hydrogen-bond donors (Lipinski definition) is 3. The number of aromatic carboxylic acids is 1. The Morgan fingerprint density at radius 3 is 2.40 bits per heavy atom. The summed E-state index contributed by atoms with van der Waals surface area (Å²) in [6.45, 7) is 0.158. The van der Waals surface area contributed by atoms with Crippen LogP contribution in [0.1, 0.15) is 50.6 Å². The lowest BCUT2D eigenvalue weighted by molar-refractivity contribution is -0.137. The van der Waals surface area contributed by atoms with Crippen molar-refractivity contribution in [1.29, 1.82) is 0 Å². The van der Waals surface area contributed by atoms with E-state index in [9.17, 15) is 31.5 Å². The third-order valence-electron chi connectivity index (χ3n) is 9.30. The van der Waals surface area contributed by atoms with Gasteiger partial charge >= 0.3 is 12.1 Å². The molecule has 0 radical (unpaired) electrons. The van der Waals surface area contributed by atoms with Crippen molar-refractivity contribution >= 4 is 38.5 Å². The van der Waals surface area contributed by atoms with Gasteiger partial charge in [-0.25, -0.2) is 17.9 Å². The van der Waals surface area contributed by atoms with E-state index in [0.717, 1.165) is 39.9 Å². The quantitative estimate of drug-likeness (QED) is 0.105. The van der Waals surface area contributed by atoms with Crippen LogP contribution < -0.4 is 9.46 Å². The van der Waals surface area contributed by atoms with Gasteiger partial charge in [0.05, 0.1) is 23.5 Å². The third-order valence-corrected chi connectivity index (χ3v) is 10.9. The Bertz CT molecular complexity index is 2220. The number of benzene rings is 4. The Morgan fingerprint density at radius 1 is 0.962 bits per heavy atom. The minimum Gasteiger partial charge on any atom is -0.493 e. The van der Waals surface area contributed by atoms with Gasteiger partial charge in [-0.3, -0.25) is 0 Å². The molecule has 0 saturated heterocycles. The number of nitrogens with one attached hydrogen (secondary N) is 2. The van der Waals surface area contributed by atoms with Gasteiger partial charge in [0.1, 0.15) is 5.75 Å². The number of halogens is 4. The number of hydrogen-bond acceptors (Lipinski definition) is 4. The van der Waals surface area contributed by atoms with E-state index in [2.05, 4.69) is 34.0 Å². The summed E-state index contributed by atoms with van der Waals surface area (Å²) >= 11 is 6.57. The van der Waals surface area contributed by atoms with Gasteiger partial charge in [0, 0.05) is 45.9 Å². The summed E-state index contributed by atoms with van der Waals surface area (Å²) in [4.78, 5) is 15.0. The molecule has 5 aromatic rings. The van der Waals surface area contributed by atoms with Gasteiger partial charge < -0.3 is 14.8 Å². The van der Waals surface area contributed by atoms with E-state index in [1.165, 1.54) is 24.3 Å². The van der Waals surface area contributed by atoms with E-state index in [0.29, 0.717) is 23.6 Å². The molecule has 7 nitrogen and oxygen atoms in total. The number of allylic oxidation sites excluding steroid dienone is 4. The molecule has 0 fully saturated rings. The molecule has 6 rings (SSSR count). The lowest BCUT2D eigenvalue weighted by Gasteiger charge is -2.40. The fourth-order valence-electron chi connectivity index (χ4n) is 6.86. The van der Waals surface area contributed by atoms with Crippen molar-refractivity contribution in [3.63, 3.8) is 0 Å². The summed E-state index contributed by atoms with van der Waals surface area (Å²) in [6.07, 6.45) is 5.27. The summed E-state index contributed by atoms with van der Waals surface area (Å²) in [5.74, 6) is -1.49. The molecule has 0 amide bonds. The number of fused-ring (bicyclic) bond motifs is 1. The maximum absolute atomic E-state index is 13.3. The Morgan fingerprint density at radius 2 is 1.71 bits per heavy atom. The van der Waals surface area contributed by atoms with Crippen LogP contribution in [0.25, 0.3) is 10.9 Å². The zero-order chi connectivity index (χ0) is 36.9. The van der Waals surface area contributed by atoms with E-state index >= 15 is 0 Å². The van der Waals surface area contributed by atoms with E-state index < -0.39 is 38.9 Å². The highest BCUT2D eigenvalue weighted by Gasteiger charge is 2.41. The first-order valence-corrected chi connectivity index (χ1v) is 18.6. The molecule has 1 aliphatic rings. The Kier molecular flexibility index (Phi) is 10.9. The average Bonchev–Trinajstić information content (AvgIpc) is 3.45. The molecule has 52 heavy (non-hydrogen) atoms. The SMILES string of the molecule is O=C(O)c1ccc(OCC(c2c(CCNS(=O)(=O)Cc3cccc(C(F)(F)F)c3)[nH]c3ccc(Cl)cc23)C2(Cc3ccccc3)C=CC=CC2)cc1. The molecule has 4 aromatic carbocycles. The van der Waals surface area contributed by atoms with Crippen molar-refractivity contribution in [3.8, 4) is 5.75 Å². The number of carbonyl (C=O) groups is 1. The highest BCUT2D eigenvalue weighted by atomic mass is 35.5. The zero-order valence-electron chi connectivity index (χ0n) is 27.9. The molecule has 1 aromatic heterocycles. The van der Waals surface area contributed by atoms with E-state index in [1.54, 1.807) is 18.2 Å². The van der Waals surface area contributed by atoms with Crippen molar-refractivity contribution in [2.24, 2.45) is 5.41 Å². The summed E-state index contributed by atoms with van der Waals surface area (Å²) in [6, 6.07) is 26.1. The van der Waals surface area contributed by atoms with Crippen LogP contribution >= 0.6 is 11.6 Å². The molecular formula is C40H36ClF3N2O5S. The first kappa shape index (κ1) is 36.9. The van der Waals surface area contributed by atoms with Gasteiger partial charge in [0.2, 0.25) is 10.0 Å². The van der Waals surface area contributed by atoms with Gasteiger partial charge in [0.25, 0.3) is 0 Å². The molecule has 0 saturated carbocycles. The van der Waals surface area contributed by atoms with Gasteiger partial charge in [-0.2, -0.15) is 13.2 Å². The second-order valence-electron chi connectivity index (χ2n) is 12.9. The highest BCUT2D eigenvalue weighted by molar-refractivity contribution is 7.88. The van der Waals surface area contributed by atoms with E-state index in [1.807, 2.05) is 42.5 Å². The minimum absolute atomic E-state index is 0.0249. The summed E-state index contributed by atoms with van der Waals surface area (Å²) in [5, 5.41) is 10.8. The van der Waals surface area contributed by atoms with Crippen molar-refractivity contribution in [3.05, 3.63) is 160 Å². The third kappa shape index (κ3) is 8.78. The van der Waals surface area contributed by atoms with Crippen LogP contribution in [0.3, 0.4) is 0 Å². The Balaban J connectivity index is 1.36. The first-order valence-electron chi connectivity index (χ1n) is 16.6. The molecule has 1 aliphatic carbocycles. The fourth-order valence-corrected chi connectivity index (χ4v) is 8.16.